The topological polar surface area (TPSA) is 18.5 Å². The van der Waals surface area contributed by atoms with Gasteiger partial charge in [-0.2, -0.15) is 4.39 Å². The van der Waals surface area contributed by atoms with E-state index in [9.17, 15) is 17.6 Å². The molecular weight excluding hydrogens is 336 g/mol. The van der Waals surface area contributed by atoms with Crippen molar-refractivity contribution in [2.24, 2.45) is 0 Å². The zero-order valence-corrected chi connectivity index (χ0v) is 14.7. The van der Waals surface area contributed by atoms with Gasteiger partial charge in [-0.15, -0.1) is 0 Å². The van der Waals surface area contributed by atoms with Crippen LogP contribution in [-0.2, 0) is 9.47 Å². The van der Waals surface area contributed by atoms with Crippen LogP contribution in [0.1, 0.15) is 26.2 Å². The molecule has 0 aromatic heterocycles. The van der Waals surface area contributed by atoms with Crippen LogP contribution >= 0.6 is 0 Å². The fourth-order valence-electron chi connectivity index (χ4n) is 1.55. The molecule has 0 unspecified atom stereocenters. The third-order valence-electron chi connectivity index (χ3n) is 3.22. The lowest BCUT2D eigenvalue weighted by molar-refractivity contribution is 0.202. The van der Waals surface area contributed by atoms with Gasteiger partial charge in [0.15, 0.2) is 23.2 Å². The maximum Gasteiger partial charge on any atom is 0.200 e. The predicted molar refractivity (Wildman–Crippen MR) is 92.4 cm³/mol. The minimum Gasteiger partial charge on any atom is -0.491 e. The molecule has 0 aromatic rings. The summed E-state index contributed by atoms with van der Waals surface area (Å²) in [5, 5.41) is 0. The predicted octanol–water partition coefficient (Wildman–Crippen LogP) is 6.32. The average Bonchev–Trinajstić information content (AvgIpc) is 2.62. The van der Waals surface area contributed by atoms with E-state index in [2.05, 4.69) is 26.3 Å². The second-order valence-corrected chi connectivity index (χ2v) is 5.18. The molecule has 0 aliphatic carbocycles. The maximum atomic E-state index is 14.1. The van der Waals surface area contributed by atoms with E-state index in [4.69, 9.17) is 9.47 Å². The number of unbranched alkanes of at least 4 members (excludes halogenated alkanes) is 1. The molecule has 0 aliphatic heterocycles. The Morgan fingerprint density at radius 1 is 0.800 bits per heavy atom. The van der Waals surface area contributed by atoms with E-state index >= 15 is 0 Å². The second-order valence-electron chi connectivity index (χ2n) is 5.18. The number of allylic oxidation sites excluding steroid dienone is 6. The standard InChI is InChI=1S/C19H24F4O2/c1-7-8-10-25-15(5)19(23)18(22)14(4)13(3)17(21)16(20)12(2)9-11-24-6/h2-5,7-11H2,1,6H3/b17-16-,19-18-. The summed E-state index contributed by atoms with van der Waals surface area (Å²) in [5.41, 5.74) is -1.67. The Balaban J connectivity index is 5.24. The molecule has 0 aliphatic rings. The van der Waals surface area contributed by atoms with Crippen molar-refractivity contribution in [2.75, 3.05) is 20.3 Å². The zero-order valence-electron chi connectivity index (χ0n) is 14.7. The second kappa shape index (κ2) is 11.5. The number of hydrogen-bond donors (Lipinski definition) is 0. The molecule has 140 valence electrons. The molecule has 0 bridgehead atoms. The van der Waals surface area contributed by atoms with E-state index in [1.807, 2.05) is 6.92 Å². The molecule has 0 amide bonds. The van der Waals surface area contributed by atoms with Crippen molar-refractivity contribution >= 4 is 0 Å². The highest BCUT2D eigenvalue weighted by Crippen LogP contribution is 2.33. The highest BCUT2D eigenvalue weighted by molar-refractivity contribution is 5.53. The van der Waals surface area contributed by atoms with Gasteiger partial charge in [0.25, 0.3) is 0 Å². The fourth-order valence-corrected chi connectivity index (χ4v) is 1.55. The molecule has 0 N–H and O–H groups in total. The van der Waals surface area contributed by atoms with Gasteiger partial charge in [-0.05, 0) is 18.4 Å². The van der Waals surface area contributed by atoms with Gasteiger partial charge in [0.1, 0.15) is 0 Å². The fraction of sp³-hybridized carbons (Fsp3) is 0.368. The molecule has 0 rings (SSSR count). The van der Waals surface area contributed by atoms with E-state index in [1.165, 1.54) is 7.11 Å². The quantitative estimate of drug-likeness (QED) is 0.175. The highest BCUT2D eigenvalue weighted by atomic mass is 19.2. The summed E-state index contributed by atoms with van der Waals surface area (Å²) in [5.74, 6) is -6.28. The van der Waals surface area contributed by atoms with Crippen LogP contribution in [0.5, 0.6) is 0 Å². The third-order valence-corrected chi connectivity index (χ3v) is 3.22. The van der Waals surface area contributed by atoms with Crippen LogP contribution in [0.15, 0.2) is 72.1 Å². The van der Waals surface area contributed by atoms with Crippen LogP contribution in [0, 0.1) is 0 Å². The SMILES string of the molecule is C=C(CCOC)/C(F)=C(/F)C(=C)C(=C)/C(F)=C(/F)C(=C)OCCCC. The van der Waals surface area contributed by atoms with Crippen molar-refractivity contribution in [3.63, 3.8) is 0 Å². The van der Waals surface area contributed by atoms with Crippen LogP contribution in [-0.4, -0.2) is 20.3 Å². The van der Waals surface area contributed by atoms with Gasteiger partial charge in [0, 0.05) is 18.3 Å². The van der Waals surface area contributed by atoms with Crippen molar-refractivity contribution in [1.82, 2.24) is 0 Å². The smallest absolute Gasteiger partial charge is 0.200 e. The molecule has 2 nitrogen and oxygen atoms in total. The van der Waals surface area contributed by atoms with Crippen LogP contribution in [0.4, 0.5) is 17.6 Å². The number of ether oxygens (including phenoxy) is 2. The first-order valence-electron chi connectivity index (χ1n) is 7.67. The lowest BCUT2D eigenvalue weighted by Gasteiger charge is -2.11. The number of methoxy groups -OCH3 is 1. The molecule has 0 atom stereocenters. The van der Waals surface area contributed by atoms with Crippen LogP contribution in [0.2, 0.25) is 0 Å². The van der Waals surface area contributed by atoms with Gasteiger partial charge in [-0.25, -0.2) is 13.2 Å². The summed E-state index contributed by atoms with van der Waals surface area (Å²) in [4.78, 5) is 0. The van der Waals surface area contributed by atoms with Crippen molar-refractivity contribution in [3.05, 3.63) is 72.1 Å². The van der Waals surface area contributed by atoms with E-state index in [0.717, 1.165) is 6.42 Å². The van der Waals surface area contributed by atoms with E-state index in [-0.39, 0.29) is 25.2 Å². The summed E-state index contributed by atoms with van der Waals surface area (Å²) in [7, 11) is 1.39. The Morgan fingerprint density at radius 3 is 1.80 bits per heavy atom. The molecule has 0 aromatic carbocycles. The molecule has 0 heterocycles. The Kier molecular flexibility index (Phi) is 10.5. The Hall–Kier alpha value is -2.08. The van der Waals surface area contributed by atoms with Crippen LogP contribution < -0.4 is 0 Å². The van der Waals surface area contributed by atoms with Crippen molar-refractivity contribution in [1.29, 1.82) is 0 Å². The van der Waals surface area contributed by atoms with Gasteiger partial charge in [0.2, 0.25) is 5.83 Å². The largest absolute Gasteiger partial charge is 0.491 e. The van der Waals surface area contributed by atoms with Gasteiger partial charge < -0.3 is 9.47 Å². The van der Waals surface area contributed by atoms with E-state index < -0.39 is 40.2 Å². The third kappa shape index (κ3) is 7.13. The number of hydrogen-bond acceptors (Lipinski definition) is 2. The van der Waals surface area contributed by atoms with E-state index in [0.29, 0.717) is 6.42 Å². The first-order chi connectivity index (χ1) is 11.7. The highest BCUT2D eigenvalue weighted by Gasteiger charge is 2.21. The first kappa shape index (κ1) is 22.9. The van der Waals surface area contributed by atoms with E-state index in [1.54, 1.807) is 0 Å². The molecular formula is C19H24F4O2. The summed E-state index contributed by atoms with van der Waals surface area (Å²) in [6.45, 7) is 15.2. The normalized spacial score (nSPS) is 12.9. The molecule has 6 heteroatoms. The molecule has 0 saturated carbocycles. The summed E-state index contributed by atoms with van der Waals surface area (Å²) in [6, 6.07) is 0. The average molecular weight is 360 g/mol. The molecule has 0 saturated heterocycles. The minimum absolute atomic E-state index is 0.0320. The van der Waals surface area contributed by atoms with Crippen LogP contribution in [0.3, 0.4) is 0 Å². The molecule has 0 radical (unpaired) electrons. The van der Waals surface area contributed by atoms with Crippen molar-refractivity contribution in [3.8, 4) is 0 Å². The lowest BCUT2D eigenvalue weighted by atomic mass is 10.0. The van der Waals surface area contributed by atoms with Crippen molar-refractivity contribution < 1.29 is 27.0 Å². The Morgan fingerprint density at radius 2 is 1.32 bits per heavy atom. The molecule has 25 heavy (non-hydrogen) atoms. The van der Waals surface area contributed by atoms with Crippen LogP contribution in [0.25, 0.3) is 0 Å². The molecule has 0 spiro atoms. The summed E-state index contributed by atoms with van der Waals surface area (Å²) < 4.78 is 65.7. The number of rotatable bonds is 12. The summed E-state index contributed by atoms with van der Waals surface area (Å²) >= 11 is 0. The molecule has 0 fully saturated rings. The monoisotopic (exact) mass is 360 g/mol. The first-order valence-corrected chi connectivity index (χ1v) is 7.67. The number of halogens is 4. The van der Waals surface area contributed by atoms with Gasteiger partial charge >= 0.3 is 0 Å². The minimum atomic E-state index is -1.52. The Labute approximate surface area is 146 Å². The summed E-state index contributed by atoms with van der Waals surface area (Å²) in [6.07, 6.45) is 1.46. The van der Waals surface area contributed by atoms with Gasteiger partial charge in [-0.3, -0.25) is 0 Å². The van der Waals surface area contributed by atoms with Gasteiger partial charge in [0.05, 0.1) is 13.2 Å². The lowest BCUT2D eigenvalue weighted by Crippen LogP contribution is -2.00. The zero-order chi connectivity index (χ0) is 19.6. The maximum absolute atomic E-state index is 14.1. The van der Waals surface area contributed by atoms with Crippen molar-refractivity contribution in [2.45, 2.75) is 26.2 Å². The van der Waals surface area contributed by atoms with Gasteiger partial charge in [-0.1, -0.05) is 39.7 Å². The Bertz CT molecular complexity index is 601.